The molecule has 160 valence electrons. The third-order valence-corrected chi connectivity index (χ3v) is 6.28. The Morgan fingerprint density at radius 1 is 0.871 bits per heavy atom. The van der Waals surface area contributed by atoms with E-state index in [1.54, 1.807) is 12.7 Å². The molecular weight excluding hydrogens is 384 g/mol. The standard InChI is InChI=1S/C25H30N6/c1-2-5-21(6-3-1)17-30-13-11-29(12-14-30)10-4-7-23-16-27-25-9-8-22(15-24(23)25)18-31-20-26-19-28-31/h1-3,5-6,8-9,15-16,19-20,27H,4,7,10-14,17-18H2. The minimum absolute atomic E-state index is 0.758. The van der Waals surface area contributed by atoms with Crippen LogP contribution in [0.1, 0.15) is 23.1 Å². The third kappa shape index (κ3) is 5.03. The largest absolute Gasteiger partial charge is 0.361 e. The van der Waals surface area contributed by atoms with Crippen LogP contribution in [0.3, 0.4) is 0 Å². The Balaban J connectivity index is 1.11. The molecule has 4 aromatic rings. The van der Waals surface area contributed by atoms with Gasteiger partial charge < -0.3 is 9.88 Å². The lowest BCUT2D eigenvalue weighted by atomic mass is 10.1. The average molecular weight is 415 g/mol. The highest BCUT2D eigenvalue weighted by atomic mass is 15.3. The second kappa shape index (κ2) is 9.45. The van der Waals surface area contributed by atoms with E-state index in [-0.39, 0.29) is 0 Å². The highest BCUT2D eigenvalue weighted by molar-refractivity contribution is 5.83. The van der Waals surface area contributed by atoms with Crippen LogP contribution in [0.4, 0.5) is 0 Å². The summed E-state index contributed by atoms with van der Waals surface area (Å²) in [6.07, 6.45) is 7.83. The highest BCUT2D eigenvalue weighted by Crippen LogP contribution is 2.22. The van der Waals surface area contributed by atoms with Crippen LogP contribution >= 0.6 is 0 Å². The van der Waals surface area contributed by atoms with Crippen LogP contribution in [-0.4, -0.2) is 62.3 Å². The number of aryl methyl sites for hydroxylation is 1. The first kappa shape index (κ1) is 20.0. The number of fused-ring (bicyclic) bond motifs is 1. The lowest BCUT2D eigenvalue weighted by molar-refractivity contribution is 0.126. The molecule has 0 unspecified atom stereocenters. The Labute approximate surface area is 183 Å². The summed E-state index contributed by atoms with van der Waals surface area (Å²) >= 11 is 0. The molecule has 0 amide bonds. The molecule has 1 aliphatic heterocycles. The van der Waals surface area contributed by atoms with Crippen molar-refractivity contribution in [2.45, 2.75) is 25.9 Å². The number of nitrogens with one attached hydrogen (secondary N) is 1. The summed E-state index contributed by atoms with van der Waals surface area (Å²) in [7, 11) is 0. The van der Waals surface area contributed by atoms with Gasteiger partial charge in [-0.25, -0.2) is 9.67 Å². The monoisotopic (exact) mass is 414 g/mol. The van der Waals surface area contributed by atoms with E-state index in [0.29, 0.717) is 0 Å². The fraction of sp³-hybridized carbons (Fsp3) is 0.360. The Kier molecular flexibility index (Phi) is 6.09. The smallest absolute Gasteiger partial charge is 0.137 e. The van der Waals surface area contributed by atoms with Gasteiger partial charge in [0.05, 0.1) is 6.54 Å². The van der Waals surface area contributed by atoms with Gasteiger partial charge in [0.15, 0.2) is 0 Å². The van der Waals surface area contributed by atoms with Crippen LogP contribution in [0.5, 0.6) is 0 Å². The third-order valence-electron chi connectivity index (χ3n) is 6.28. The normalized spacial score (nSPS) is 15.6. The van der Waals surface area contributed by atoms with Crippen LogP contribution in [0.25, 0.3) is 10.9 Å². The van der Waals surface area contributed by atoms with Gasteiger partial charge in [-0.05, 0) is 48.2 Å². The predicted molar refractivity (Wildman–Crippen MR) is 124 cm³/mol. The molecule has 0 radical (unpaired) electrons. The molecule has 6 heteroatoms. The lowest BCUT2D eigenvalue weighted by Crippen LogP contribution is -2.46. The van der Waals surface area contributed by atoms with Gasteiger partial charge in [-0.15, -0.1) is 0 Å². The van der Waals surface area contributed by atoms with E-state index in [0.717, 1.165) is 32.6 Å². The Morgan fingerprint density at radius 2 is 1.71 bits per heavy atom. The molecule has 1 fully saturated rings. The Bertz CT molecular complexity index is 1080. The SMILES string of the molecule is c1ccc(CN2CCN(CCCc3c[nH]c4ccc(Cn5cncn5)cc34)CC2)cc1. The van der Waals surface area contributed by atoms with Gasteiger partial charge in [0.2, 0.25) is 0 Å². The summed E-state index contributed by atoms with van der Waals surface area (Å²) in [6, 6.07) is 17.5. The molecule has 0 spiro atoms. The van der Waals surface area contributed by atoms with Gasteiger partial charge in [-0.2, -0.15) is 5.10 Å². The zero-order valence-corrected chi connectivity index (χ0v) is 18.0. The summed E-state index contributed by atoms with van der Waals surface area (Å²) in [5.41, 5.74) is 5.30. The molecule has 1 N–H and O–H groups in total. The van der Waals surface area contributed by atoms with Crippen molar-refractivity contribution >= 4 is 10.9 Å². The fourth-order valence-electron chi connectivity index (χ4n) is 4.54. The van der Waals surface area contributed by atoms with E-state index in [2.05, 4.69) is 79.6 Å². The first-order valence-corrected chi connectivity index (χ1v) is 11.2. The maximum absolute atomic E-state index is 4.22. The van der Waals surface area contributed by atoms with Crippen molar-refractivity contribution in [3.05, 3.63) is 84.1 Å². The van der Waals surface area contributed by atoms with E-state index in [1.165, 1.54) is 53.6 Å². The summed E-state index contributed by atoms with van der Waals surface area (Å²) in [6.45, 7) is 7.66. The zero-order chi connectivity index (χ0) is 20.9. The molecule has 2 aromatic heterocycles. The van der Waals surface area contributed by atoms with Gasteiger partial charge in [-0.3, -0.25) is 4.90 Å². The first-order valence-electron chi connectivity index (χ1n) is 11.2. The summed E-state index contributed by atoms with van der Waals surface area (Å²) in [5.74, 6) is 0. The second-order valence-corrected chi connectivity index (χ2v) is 8.49. The number of hydrogen-bond acceptors (Lipinski definition) is 4. The van der Waals surface area contributed by atoms with Crippen molar-refractivity contribution < 1.29 is 0 Å². The number of nitrogens with zero attached hydrogens (tertiary/aromatic N) is 5. The van der Waals surface area contributed by atoms with E-state index >= 15 is 0 Å². The van der Waals surface area contributed by atoms with E-state index in [1.807, 2.05) is 4.68 Å². The van der Waals surface area contributed by atoms with Crippen molar-refractivity contribution in [2.24, 2.45) is 0 Å². The van der Waals surface area contributed by atoms with Crippen LogP contribution in [-0.2, 0) is 19.5 Å². The van der Waals surface area contributed by atoms with Crippen molar-refractivity contribution in [1.29, 1.82) is 0 Å². The molecule has 31 heavy (non-hydrogen) atoms. The highest BCUT2D eigenvalue weighted by Gasteiger charge is 2.16. The minimum atomic E-state index is 0.758. The van der Waals surface area contributed by atoms with Gasteiger partial charge in [-0.1, -0.05) is 36.4 Å². The average Bonchev–Trinajstić information content (AvgIpc) is 3.46. The molecule has 0 bridgehead atoms. The summed E-state index contributed by atoms with van der Waals surface area (Å²) in [5, 5.41) is 5.56. The number of piperazine rings is 1. The Morgan fingerprint density at radius 3 is 2.52 bits per heavy atom. The molecule has 1 saturated heterocycles. The number of H-pyrrole nitrogens is 1. The molecule has 6 nitrogen and oxygen atoms in total. The minimum Gasteiger partial charge on any atom is -0.361 e. The number of aromatic nitrogens is 4. The molecule has 5 rings (SSSR count). The van der Waals surface area contributed by atoms with Crippen molar-refractivity contribution in [3.8, 4) is 0 Å². The van der Waals surface area contributed by atoms with Gasteiger partial charge >= 0.3 is 0 Å². The van der Waals surface area contributed by atoms with E-state index in [9.17, 15) is 0 Å². The molecule has 2 aromatic carbocycles. The maximum Gasteiger partial charge on any atom is 0.137 e. The van der Waals surface area contributed by atoms with E-state index < -0.39 is 0 Å². The first-order chi connectivity index (χ1) is 15.3. The second-order valence-electron chi connectivity index (χ2n) is 8.49. The summed E-state index contributed by atoms with van der Waals surface area (Å²) in [4.78, 5) is 12.7. The molecule has 0 atom stereocenters. The molecule has 3 heterocycles. The van der Waals surface area contributed by atoms with Crippen LogP contribution < -0.4 is 0 Å². The van der Waals surface area contributed by atoms with Crippen molar-refractivity contribution in [3.63, 3.8) is 0 Å². The quantitative estimate of drug-likeness (QED) is 0.479. The van der Waals surface area contributed by atoms with Gasteiger partial charge in [0.25, 0.3) is 0 Å². The topological polar surface area (TPSA) is 53.0 Å². The number of hydrogen-bond donors (Lipinski definition) is 1. The molecule has 1 aliphatic rings. The van der Waals surface area contributed by atoms with E-state index in [4.69, 9.17) is 0 Å². The summed E-state index contributed by atoms with van der Waals surface area (Å²) < 4.78 is 1.87. The maximum atomic E-state index is 4.22. The van der Waals surface area contributed by atoms with Crippen molar-refractivity contribution in [1.82, 2.24) is 29.5 Å². The zero-order valence-electron chi connectivity index (χ0n) is 18.0. The number of aromatic amines is 1. The van der Waals surface area contributed by atoms with Crippen LogP contribution in [0, 0.1) is 0 Å². The molecular formula is C25H30N6. The molecule has 0 saturated carbocycles. The Hall–Kier alpha value is -2.96. The fourth-order valence-corrected chi connectivity index (χ4v) is 4.54. The number of rotatable bonds is 8. The number of benzene rings is 2. The lowest BCUT2D eigenvalue weighted by Gasteiger charge is -2.34. The predicted octanol–water partition coefficient (Wildman–Crippen LogP) is 3.56. The molecule has 0 aliphatic carbocycles. The van der Waals surface area contributed by atoms with Gasteiger partial charge in [0.1, 0.15) is 12.7 Å². The van der Waals surface area contributed by atoms with Crippen LogP contribution in [0.2, 0.25) is 0 Å². The van der Waals surface area contributed by atoms with Gasteiger partial charge in [0, 0.05) is 49.8 Å². The van der Waals surface area contributed by atoms with Crippen LogP contribution in [0.15, 0.2) is 67.4 Å². The van der Waals surface area contributed by atoms with Crippen molar-refractivity contribution in [2.75, 3.05) is 32.7 Å².